The summed E-state index contributed by atoms with van der Waals surface area (Å²) in [6.07, 6.45) is 1.31. The molecule has 0 aliphatic carbocycles. The average Bonchev–Trinajstić information content (AvgIpc) is 2.58. The zero-order valence-corrected chi connectivity index (χ0v) is 9.43. The molecule has 0 aromatic carbocycles. The van der Waals surface area contributed by atoms with Crippen LogP contribution in [-0.4, -0.2) is 30.7 Å². The lowest BCUT2D eigenvalue weighted by Crippen LogP contribution is -2.03. The van der Waals surface area contributed by atoms with Crippen molar-refractivity contribution in [1.82, 2.24) is 19.6 Å². The second-order valence-corrected chi connectivity index (χ2v) is 3.98. The zero-order chi connectivity index (χ0) is 11.9. The Morgan fingerprint density at radius 2 is 2.19 bits per heavy atom. The smallest absolute Gasteiger partial charge is 0.340 e. The van der Waals surface area contributed by atoms with E-state index < -0.39 is 5.97 Å². The molecule has 2 heterocycles. The van der Waals surface area contributed by atoms with E-state index in [-0.39, 0.29) is 16.6 Å². The van der Waals surface area contributed by atoms with Crippen molar-refractivity contribution in [3.63, 3.8) is 0 Å². The van der Waals surface area contributed by atoms with Gasteiger partial charge in [-0.25, -0.2) is 9.31 Å². The molecule has 2 aromatic heterocycles. The fourth-order valence-electron chi connectivity index (χ4n) is 1.21. The number of carboxylic acid groups (broad SMARTS) is 1. The van der Waals surface area contributed by atoms with Crippen molar-refractivity contribution in [2.75, 3.05) is 0 Å². The fraction of sp³-hybridized carbons (Fsp3) is 0.333. The summed E-state index contributed by atoms with van der Waals surface area (Å²) in [4.78, 5) is 18.8. The van der Waals surface area contributed by atoms with Crippen LogP contribution in [-0.2, 0) is 0 Å². The van der Waals surface area contributed by atoms with E-state index in [9.17, 15) is 4.79 Å². The number of nitrogens with zero attached hydrogens (tertiary/aromatic N) is 4. The molecule has 0 fully saturated rings. The van der Waals surface area contributed by atoms with Crippen molar-refractivity contribution in [2.24, 2.45) is 0 Å². The topological polar surface area (TPSA) is 80.4 Å². The van der Waals surface area contributed by atoms with Gasteiger partial charge in [0.25, 0.3) is 5.78 Å². The molecule has 0 aliphatic heterocycles. The SMILES string of the molecule is CC(C)c1nc2nc(Cl)c(C(=O)O)cn2n1. The molecule has 0 spiro atoms. The number of carboxylic acids is 1. The molecular formula is C9H9ClN4O2. The maximum Gasteiger partial charge on any atom is 0.340 e. The Morgan fingerprint density at radius 1 is 1.50 bits per heavy atom. The molecule has 0 aliphatic rings. The Hall–Kier alpha value is -1.69. The number of hydrogen-bond acceptors (Lipinski definition) is 4. The van der Waals surface area contributed by atoms with Gasteiger partial charge in [0.2, 0.25) is 0 Å². The van der Waals surface area contributed by atoms with Crippen LogP contribution < -0.4 is 0 Å². The van der Waals surface area contributed by atoms with Gasteiger partial charge in [-0.15, -0.1) is 5.10 Å². The second kappa shape index (κ2) is 3.71. The summed E-state index contributed by atoms with van der Waals surface area (Å²) in [5.41, 5.74) is -0.0885. The molecule has 16 heavy (non-hydrogen) atoms. The van der Waals surface area contributed by atoms with Gasteiger partial charge in [0.15, 0.2) is 5.82 Å². The minimum absolute atomic E-state index is 0.0808. The fourth-order valence-corrected chi connectivity index (χ4v) is 1.41. The standard InChI is InChI=1S/C9H9ClN4O2/c1-4(2)7-12-9-11-6(10)5(8(15)16)3-14(9)13-7/h3-4H,1-2H3,(H,15,16). The van der Waals surface area contributed by atoms with E-state index in [1.54, 1.807) is 0 Å². The monoisotopic (exact) mass is 240 g/mol. The van der Waals surface area contributed by atoms with Crippen molar-refractivity contribution in [3.8, 4) is 0 Å². The van der Waals surface area contributed by atoms with Crippen LogP contribution in [0.4, 0.5) is 0 Å². The molecule has 7 heteroatoms. The summed E-state index contributed by atoms with van der Waals surface area (Å²) in [6.45, 7) is 3.88. The minimum atomic E-state index is -1.14. The molecule has 84 valence electrons. The molecule has 0 amide bonds. The van der Waals surface area contributed by atoms with Crippen molar-refractivity contribution < 1.29 is 9.90 Å². The molecule has 0 saturated carbocycles. The molecule has 2 aromatic rings. The van der Waals surface area contributed by atoms with Crippen molar-refractivity contribution in [1.29, 1.82) is 0 Å². The number of aromatic nitrogens is 4. The third-order valence-electron chi connectivity index (χ3n) is 2.05. The Labute approximate surface area is 95.9 Å². The maximum absolute atomic E-state index is 10.8. The lowest BCUT2D eigenvalue weighted by Gasteiger charge is -1.97. The van der Waals surface area contributed by atoms with Crippen molar-refractivity contribution in [2.45, 2.75) is 19.8 Å². The van der Waals surface area contributed by atoms with Gasteiger partial charge in [-0.1, -0.05) is 25.4 Å². The Bertz CT molecular complexity index is 564. The predicted octanol–water partition coefficient (Wildman–Crippen LogP) is 1.60. The Balaban J connectivity index is 2.65. The van der Waals surface area contributed by atoms with E-state index in [1.807, 2.05) is 13.8 Å². The van der Waals surface area contributed by atoms with Gasteiger partial charge in [-0.2, -0.15) is 9.97 Å². The lowest BCUT2D eigenvalue weighted by molar-refractivity contribution is 0.0696. The molecule has 2 rings (SSSR count). The summed E-state index contributed by atoms with van der Waals surface area (Å²) in [5.74, 6) is -0.0837. The lowest BCUT2D eigenvalue weighted by atomic mass is 10.2. The predicted molar refractivity (Wildman–Crippen MR) is 56.8 cm³/mol. The maximum atomic E-state index is 10.8. The highest BCUT2D eigenvalue weighted by Crippen LogP contribution is 2.15. The molecule has 0 radical (unpaired) electrons. The van der Waals surface area contributed by atoms with E-state index in [2.05, 4.69) is 15.1 Å². The summed E-state index contributed by atoms with van der Waals surface area (Å²) in [5, 5.41) is 12.9. The van der Waals surface area contributed by atoms with E-state index in [4.69, 9.17) is 16.7 Å². The van der Waals surface area contributed by atoms with E-state index in [0.29, 0.717) is 11.6 Å². The molecule has 0 unspecified atom stereocenters. The summed E-state index contributed by atoms with van der Waals surface area (Å²) in [7, 11) is 0. The van der Waals surface area contributed by atoms with Crippen LogP contribution in [0.25, 0.3) is 5.78 Å². The zero-order valence-electron chi connectivity index (χ0n) is 8.68. The Morgan fingerprint density at radius 3 is 2.75 bits per heavy atom. The highest BCUT2D eigenvalue weighted by atomic mass is 35.5. The van der Waals surface area contributed by atoms with Crippen LogP contribution in [0.15, 0.2) is 6.20 Å². The van der Waals surface area contributed by atoms with Crippen molar-refractivity contribution >= 4 is 23.3 Å². The number of fused-ring (bicyclic) bond motifs is 1. The number of hydrogen-bond donors (Lipinski definition) is 1. The molecular weight excluding hydrogens is 232 g/mol. The van der Waals surface area contributed by atoms with Gasteiger partial charge in [0.1, 0.15) is 10.7 Å². The van der Waals surface area contributed by atoms with Crippen LogP contribution in [0.1, 0.15) is 35.9 Å². The van der Waals surface area contributed by atoms with Gasteiger partial charge in [-0.3, -0.25) is 0 Å². The first-order valence-electron chi connectivity index (χ1n) is 4.65. The van der Waals surface area contributed by atoms with Crippen molar-refractivity contribution in [3.05, 3.63) is 22.7 Å². The van der Waals surface area contributed by atoms with E-state index >= 15 is 0 Å². The number of carbonyl (C=O) groups is 1. The van der Waals surface area contributed by atoms with Crippen LogP contribution >= 0.6 is 11.6 Å². The van der Waals surface area contributed by atoms with Crippen LogP contribution in [0.3, 0.4) is 0 Å². The van der Waals surface area contributed by atoms with E-state index in [1.165, 1.54) is 10.7 Å². The third-order valence-corrected chi connectivity index (χ3v) is 2.34. The summed E-state index contributed by atoms with van der Waals surface area (Å²) >= 11 is 5.71. The van der Waals surface area contributed by atoms with E-state index in [0.717, 1.165) is 0 Å². The number of aromatic carboxylic acids is 1. The van der Waals surface area contributed by atoms with Crippen LogP contribution in [0.5, 0.6) is 0 Å². The second-order valence-electron chi connectivity index (χ2n) is 3.62. The molecule has 0 bridgehead atoms. The number of halogens is 1. The highest BCUT2D eigenvalue weighted by molar-refractivity contribution is 6.32. The van der Waals surface area contributed by atoms with Crippen LogP contribution in [0.2, 0.25) is 5.15 Å². The first-order chi connectivity index (χ1) is 7.49. The molecule has 0 saturated heterocycles. The summed E-state index contributed by atoms with van der Waals surface area (Å²) < 4.78 is 1.32. The number of rotatable bonds is 2. The average molecular weight is 241 g/mol. The largest absolute Gasteiger partial charge is 0.478 e. The Kier molecular flexibility index (Phi) is 2.51. The minimum Gasteiger partial charge on any atom is -0.478 e. The van der Waals surface area contributed by atoms with Gasteiger partial charge in [0, 0.05) is 5.92 Å². The molecule has 6 nitrogen and oxygen atoms in total. The summed E-state index contributed by atoms with van der Waals surface area (Å²) in [6, 6.07) is 0. The molecule has 0 atom stereocenters. The highest BCUT2D eigenvalue weighted by Gasteiger charge is 2.15. The third kappa shape index (κ3) is 1.71. The van der Waals surface area contributed by atoms with Gasteiger partial charge < -0.3 is 5.11 Å². The van der Waals surface area contributed by atoms with Gasteiger partial charge in [-0.05, 0) is 0 Å². The quantitative estimate of drug-likeness (QED) is 0.807. The first kappa shape index (κ1) is 10.8. The first-order valence-corrected chi connectivity index (χ1v) is 5.03. The molecule has 1 N–H and O–H groups in total. The van der Waals surface area contributed by atoms with Crippen LogP contribution in [0, 0.1) is 0 Å². The van der Waals surface area contributed by atoms with Gasteiger partial charge >= 0.3 is 5.97 Å². The van der Waals surface area contributed by atoms with Gasteiger partial charge in [0.05, 0.1) is 6.20 Å². The normalized spacial score (nSPS) is 11.2.